The average molecular weight is 405 g/mol. The third kappa shape index (κ3) is 3.39. The summed E-state index contributed by atoms with van der Waals surface area (Å²) in [6, 6.07) is 0.940. The molecule has 0 radical (unpaired) electrons. The van der Waals surface area contributed by atoms with E-state index < -0.39 is 12.2 Å². The van der Waals surface area contributed by atoms with Crippen LogP contribution in [0.4, 0.5) is 4.79 Å². The molecule has 2 fully saturated rings. The molecule has 10 nitrogen and oxygen atoms in total. The van der Waals surface area contributed by atoms with Gasteiger partial charge in [-0.3, -0.25) is 9.69 Å². The molecule has 0 aromatic carbocycles. The maximum absolute atomic E-state index is 12.9. The van der Waals surface area contributed by atoms with E-state index in [-0.39, 0.29) is 11.9 Å². The molecule has 150 valence electrons. The topological polar surface area (TPSA) is 94.5 Å². The fourth-order valence-electron chi connectivity index (χ4n) is 3.61. The van der Waals surface area contributed by atoms with Gasteiger partial charge in [-0.15, -0.1) is 0 Å². The molecule has 0 aliphatic carbocycles. The monoisotopic (exact) mass is 405 g/mol. The van der Waals surface area contributed by atoms with Crippen LogP contribution in [0.15, 0.2) is 28.6 Å². The number of nitrogens with zero attached hydrogens (tertiary/aromatic N) is 7. The minimum absolute atomic E-state index is 0.221. The molecule has 3 aliphatic rings. The first-order valence-electron chi connectivity index (χ1n) is 9.19. The molecule has 3 amide bonds. The molecule has 1 aromatic rings. The predicted octanol–water partition coefficient (Wildman–Crippen LogP) is -0.209. The molecule has 1 aromatic heterocycles. The van der Waals surface area contributed by atoms with Crippen LogP contribution in [0.5, 0.6) is 0 Å². The van der Waals surface area contributed by atoms with E-state index in [1.165, 1.54) is 23.7 Å². The number of urea groups is 1. The number of amides is 3. The molecule has 2 unspecified atom stereocenters. The lowest BCUT2D eigenvalue weighted by Gasteiger charge is -2.41. The molecule has 0 saturated carbocycles. The molecule has 2 saturated heterocycles. The minimum Gasteiger partial charge on any atom is -0.378 e. The Balaban J connectivity index is 1.55. The summed E-state index contributed by atoms with van der Waals surface area (Å²) in [4.78, 5) is 45.4. The fourth-order valence-corrected chi connectivity index (χ4v) is 4.35. The lowest BCUT2D eigenvalue weighted by molar-refractivity contribution is -0.136. The number of rotatable bonds is 4. The highest BCUT2D eigenvalue weighted by atomic mass is 32.2. The molecule has 0 spiro atoms. The molecule has 0 N–H and O–H groups in total. The van der Waals surface area contributed by atoms with Gasteiger partial charge in [0, 0.05) is 51.9 Å². The predicted molar refractivity (Wildman–Crippen MR) is 103 cm³/mol. The summed E-state index contributed by atoms with van der Waals surface area (Å²) < 4.78 is 5.45. The summed E-state index contributed by atoms with van der Waals surface area (Å²) >= 11 is 1.53. The lowest BCUT2D eigenvalue weighted by Crippen LogP contribution is -2.64. The lowest BCUT2D eigenvalue weighted by atomic mass is 10.1. The third-order valence-electron chi connectivity index (χ3n) is 5.09. The molecule has 28 heavy (non-hydrogen) atoms. The number of morpholine rings is 1. The highest BCUT2D eigenvalue weighted by Crippen LogP contribution is 2.29. The second-order valence-electron chi connectivity index (χ2n) is 6.75. The van der Waals surface area contributed by atoms with Gasteiger partial charge in [0.05, 0.1) is 13.2 Å². The van der Waals surface area contributed by atoms with Gasteiger partial charge in [0.25, 0.3) is 5.91 Å². The number of imide groups is 1. The molecule has 4 rings (SSSR count). The van der Waals surface area contributed by atoms with E-state index in [4.69, 9.17) is 9.73 Å². The Bertz CT molecular complexity index is 771. The van der Waals surface area contributed by atoms with Crippen LogP contribution in [0.1, 0.15) is 0 Å². The van der Waals surface area contributed by atoms with Crippen molar-refractivity contribution in [2.24, 2.45) is 4.99 Å². The molecule has 4 heterocycles. The Morgan fingerprint density at radius 3 is 2.61 bits per heavy atom. The third-order valence-corrected chi connectivity index (χ3v) is 5.95. The highest BCUT2D eigenvalue weighted by molar-refractivity contribution is 7.99. The number of aromatic nitrogens is 2. The first kappa shape index (κ1) is 18.9. The maximum atomic E-state index is 12.9. The van der Waals surface area contributed by atoms with Gasteiger partial charge >= 0.3 is 6.03 Å². The number of carbonyl (C=O) groups excluding carboxylic acids is 2. The van der Waals surface area contributed by atoms with Gasteiger partial charge in [0.2, 0.25) is 0 Å². The van der Waals surface area contributed by atoms with Crippen LogP contribution in [-0.4, -0.2) is 112 Å². The molecule has 0 bridgehead atoms. The summed E-state index contributed by atoms with van der Waals surface area (Å²) in [5.41, 5.74) is 0. The van der Waals surface area contributed by atoms with Crippen molar-refractivity contribution in [3.8, 4) is 0 Å². The zero-order valence-corrected chi connectivity index (χ0v) is 16.7. The van der Waals surface area contributed by atoms with E-state index in [9.17, 15) is 9.59 Å². The van der Waals surface area contributed by atoms with E-state index in [0.717, 1.165) is 5.96 Å². The van der Waals surface area contributed by atoms with Crippen molar-refractivity contribution in [2.45, 2.75) is 17.4 Å². The van der Waals surface area contributed by atoms with Crippen LogP contribution in [-0.2, 0) is 9.53 Å². The number of guanidine groups is 1. The van der Waals surface area contributed by atoms with Crippen LogP contribution in [0, 0.1) is 0 Å². The number of hydrogen-bond acceptors (Lipinski definition) is 9. The van der Waals surface area contributed by atoms with Gasteiger partial charge < -0.3 is 19.4 Å². The summed E-state index contributed by atoms with van der Waals surface area (Å²) in [6.45, 7) is 3.27. The fraction of sp³-hybridized carbons (Fsp3) is 0.588. The SMILES string of the molecule is CN1C(=O)C2C(N=C(N3CCOCC3)N2CCSc2ncccn2)N(C)C1=O. The minimum atomic E-state index is -0.511. The smallest absolute Gasteiger partial charge is 0.328 e. The van der Waals surface area contributed by atoms with E-state index in [1.807, 2.05) is 4.90 Å². The number of likely N-dealkylation sites (N-methyl/N-ethyl adjacent to an activating group) is 2. The molecular weight excluding hydrogens is 382 g/mol. The van der Waals surface area contributed by atoms with Crippen LogP contribution in [0.2, 0.25) is 0 Å². The van der Waals surface area contributed by atoms with Crippen molar-refractivity contribution in [3.63, 3.8) is 0 Å². The summed E-state index contributed by atoms with van der Waals surface area (Å²) in [6.07, 6.45) is 2.91. The highest BCUT2D eigenvalue weighted by Gasteiger charge is 2.51. The molecule has 2 atom stereocenters. The van der Waals surface area contributed by atoms with E-state index in [1.54, 1.807) is 30.4 Å². The quantitative estimate of drug-likeness (QED) is 0.502. The zero-order valence-electron chi connectivity index (χ0n) is 15.9. The van der Waals surface area contributed by atoms with Crippen molar-refractivity contribution in [1.82, 2.24) is 29.6 Å². The van der Waals surface area contributed by atoms with Crippen LogP contribution in [0.3, 0.4) is 0 Å². The number of thioether (sulfide) groups is 1. The number of aliphatic imine (C=N–C) groups is 1. The number of hydrogen-bond donors (Lipinski definition) is 0. The zero-order chi connectivity index (χ0) is 19.7. The van der Waals surface area contributed by atoms with Crippen molar-refractivity contribution in [1.29, 1.82) is 0 Å². The average Bonchev–Trinajstić information content (AvgIpc) is 3.12. The Morgan fingerprint density at radius 1 is 1.18 bits per heavy atom. The summed E-state index contributed by atoms with van der Waals surface area (Å²) in [5.74, 6) is 1.24. The second kappa shape index (κ2) is 7.92. The first-order valence-corrected chi connectivity index (χ1v) is 10.2. The second-order valence-corrected chi connectivity index (χ2v) is 7.81. The van der Waals surface area contributed by atoms with Gasteiger partial charge in [-0.2, -0.15) is 0 Å². The van der Waals surface area contributed by atoms with E-state index in [2.05, 4.69) is 14.9 Å². The number of fused-ring (bicyclic) bond motifs is 1. The van der Waals surface area contributed by atoms with Crippen LogP contribution < -0.4 is 0 Å². The van der Waals surface area contributed by atoms with E-state index in [0.29, 0.717) is 43.8 Å². The number of carbonyl (C=O) groups is 2. The van der Waals surface area contributed by atoms with Crippen LogP contribution in [0.25, 0.3) is 0 Å². The Kier molecular flexibility index (Phi) is 5.36. The van der Waals surface area contributed by atoms with Crippen molar-refractivity contribution < 1.29 is 14.3 Å². The summed E-state index contributed by atoms with van der Waals surface area (Å²) in [5, 5.41) is 0.697. The van der Waals surface area contributed by atoms with Gasteiger partial charge in [0.15, 0.2) is 23.3 Å². The Morgan fingerprint density at radius 2 is 1.89 bits per heavy atom. The normalized spacial score (nSPS) is 25.3. The first-order chi connectivity index (χ1) is 13.6. The van der Waals surface area contributed by atoms with Crippen molar-refractivity contribution >= 4 is 29.7 Å². The molecule has 11 heteroatoms. The van der Waals surface area contributed by atoms with Crippen molar-refractivity contribution in [3.05, 3.63) is 18.5 Å². The molecule has 3 aliphatic heterocycles. The standard InChI is InChI=1S/C17H23N7O3S/c1-21-13-12(14(25)22(2)17(21)26)24(8-11-28-15-18-4-3-5-19-15)16(20-13)23-6-9-27-10-7-23/h3-5,12-13H,6-11H2,1-2H3. The largest absolute Gasteiger partial charge is 0.378 e. The summed E-state index contributed by atoms with van der Waals surface area (Å²) in [7, 11) is 3.22. The van der Waals surface area contributed by atoms with Gasteiger partial charge in [-0.1, -0.05) is 11.8 Å². The number of ether oxygens (including phenoxy) is 1. The van der Waals surface area contributed by atoms with Gasteiger partial charge in [0.1, 0.15) is 0 Å². The van der Waals surface area contributed by atoms with Gasteiger partial charge in [-0.25, -0.2) is 19.8 Å². The van der Waals surface area contributed by atoms with Crippen LogP contribution >= 0.6 is 11.8 Å². The molecular formula is C17H23N7O3S. The van der Waals surface area contributed by atoms with Crippen molar-refractivity contribution in [2.75, 3.05) is 52.7 Å². The Labute approximate surface area is 167 Å². The van der Waals surface area contributed by atoms with Gasteiger partial charge in [-0.05, 0) is 6.07 Å². The maximum Gasteiger partial charge on any atom is 0.328 e. The Hall–Kier alpha value is -2.40. The van der Waals surface area contributed by atoms with E-state index >= 15 is 0 Å².